The van der Waals surface area contributed by atoms with Gasteiger partial charge in [0.2, 0.25) is 5.95 Å². The van der Waals surface area contributed by atoms with Gasteiger partial charge in [-0.1, -0.05) is 23.3 Å². The molecule has 5 nitrogen and oxygen atoms in total. The summed E-state index contributed by atoms with van der Waals surface area (Å²) in [7, 11) is 0. The molecule has 0 spiro atoms. The molecule has 0 radical (unpaired) electrons. The van der Waals surface area contributed by atoms with Crippen molar-refractivity contribution in [2.75, 3.05) is 5.32 Å². The van der Waals surface area contributed by atoms with Crippen molar-refractivity contribution >= 4 is 11.6 Å². The standard InChI is InChI=1S/C16H11F2N5/c17-11-7-5-10(6-8-11)14-9-15(12-3-1-2-4-13(12)18)23-16(19-14)20-21-22-23/h1-9,15H,(H,19,20,22)/t15-/m1/s1. The Morgan fingerprint density at radius 1 is 1.00 bits per heavy atom. The molecular formula is C16H11F2N5. The Bertz CT molecular complexity index is 885. The van der Waals surface area contributed by atoms with E-state index >= 15 is 0 Å². The Labute approximate surface area is 130 Å². The number of nitrogens with zero attached hydrogens (tertiary/aromatic N) is 4. The zero-order valence-electron chi connectivity index (χ0n) is 11.8. The molecule has 2 heterocycles. The minimum Gasteiger partial charge on any atom is -0.323 e. The SMILES string of the molecule is Fc1ccc(C2=C[C@H](c3ccccc3F)n3nnnc3N2)cc1. The second kappa shape index (κ2) is 5.28. The lowest BCUT2D eigenvalue weighted by atomic mass is 10.0. The van der Waals surface area contributed by atoms with Crippen LogP contribution in [0.3, 0.4) is 0 Å². The predicted molar refractivity (Wildman–Crippen MR) is 80.4 cm³/mol. The van der Waals surface area contributed by atoms with Crippen LogP contribution in [0.2, 0.25) is 0 Å². The third-order valence-electron chi connectivity index (χ3n) is 3.71. The van der Waals surface area contributed by atoms with Crippen LogP contribution in [0.25, 0.3) is 5.70 Å². The largest absolute Gasteiger partial charge is 0.323 e. The molecule has 4 rings (SSSR count). The number of halogens is 2. The fourth-order valence-corrected chi connectivity index (χ4v) is 2.59. The van der Waals surface area contributed by atoms with Gasteiger partial charge < -0.3 is 5.32 Å². The molecule has 1 aliphatic heterocycles. The predicted octanol–water partition coefficient (Wildman–Crippen LogP) is 3.01. The summed E-state index contributed by atoms with van der Waals surface area (Å²) in [5.74, 6) is -0.253. The fraction of sp³-hybridized carbons (Fsp3) is 0.0625. The topological polar surface area (TPSA) is 55.6 Å². The molecule has 0 saturated carbocycles. The van der Waals surface area contributed by atoms with E-state index < -0.39 is 6.04 Å². The summed E-state index contributed by atoms with van der Waals surface area (Å²) in [6.45, 7) is 0. The maximum absolute atomic E-state index is 14.2. The van der Waals surface area contributed by atoms with Gasteiger partial charge in [0.15, 0.2) is 0 Å². The molecule has 1 aromatic heterocycles. The maximum Gasteiger partial charge on any atom is 0.248 e. The smallest absolute Gasteiger partial charge is 0.248 e. The molecular weight excluding hydrogens is 300 g/mol. The molecule has 3 aromatic rings. The molecule has 1 atom stereocenters. The van der Waals surface area contributed by atoms with Crippen LogP contribution >= 0.6 is 0 Å². The number of fused-ring (bicyclic) bond motifs is 1. The van der Waals surface area contributed by atoms with E-state index in [4.69, 9.17) is 0 Å². The summed E-state index contributed by atoms with van der Waals surface area (Å²) in [5, 5.41) is 14.5. The number of tetrazole rings is 1. The van der Waals surface area contributed by atoms with Gasteiger partial charge in [0.25, 0.3) is 0 Å². The summed E-state index contributed by atoms with van der Waals surface area (Å²) in [6, 6.07) is 12.0. The van der Waals surface area contributed by atoms with Crippen molar-refractivity contribution < 1.29 is 8.78 Å². The lowest BCUT2D eigenvalue weighted by Crippen LogP contribution is -2.21. The van der Waals surface area contributed by atoms with E-state index in [1.165, 1.54) is 22.9 Å². The summed E-state index contributed by atoms with van der Waals surface area (Å²) >= 11 is 0. The Hall–Kier alpha value is -3.09. The molecule has 0 unspecified atom stereocenters. The Morgan fingerprint density at radius 3 is 2.57 bits per heavy atom. The number of hydrogen-bond donors (Lipinski definition) is 1. The molecule has 1 aliphatic rings. The molecule has 0 saturated heterocycles. The molecule has 0 amide bonds. The third-order valence-corrected chi connectivity index (χ3v) is 3.71. The van der Waals surface area contributed by atoms with Crippen molar-refractivity contribution in [1.29, 1.82) is 0 Å². The second-order valence-electron chi connectivity index (χ2n) is 5.13. The van der Waals surface area contributed by atoms with Gasteiger partial charge in [-0.05, 0) is 52.4 Å². The number of aromatic nitrogens is 4. The monoisotopic (exact) mass is 311 g/mol. The highest BCUT2D eigenvalue weighted by molar-refractivity contribution is 5.76. The van der Waals surface area contributed by atoms with Crippen molar-refractivity contribution in [2.24, 2.45) is 0 Å². The fourth-order valence-electron chi connectivity index (χ4n) is 2.59. The minimum atomic E-state index is -0.484. The van der Waals surface area contributed by atoms with E-state index in [0.717, 1.165) is 5.56 Å². The summed E-state index contributed by atoms with van der Waals surface area (Å²) in [4.78, 5) is 0. The van der Waals surface area contributed by atoms with E-state index in [2.05, 4.69) is 20.8 Å². The van der Waals surface area contributed by atoms with Gasteiger partial charge >= 0.3 is 0 Å². The Kier molecular flexibility index (Phi) is 3.11. The summed E-state index contributed by atoms with van der Waals surface area (Å²) in [5.41, 5.74) is 1.92. The summed E-state index contributed by atoms with van der Waals surface area (Å²) in [6.07, 6.45) is 1.81. The van der Waals surface area contributed by atoms with Gasteiger partial charge in [-0.3, -0.25) is 0 Å². The first-order chi connectivity index (χ1) is 11.2. The van der Waals surface area contributed by atoms with Crippen molar-refractivity contribution in [3.8, 4) is 0 Å². The molecule has 1 N–H and O–H groups in total. The molecule has 114 valence electrons. The molecule has 2 aromatic carbocycles. The first-order valence-corrected chi connectivity index (χ1v) is 6.99. The van der Waals surface area contributed by atoms with Crippen molar-refractivity contribution in [3.05, 3.63) is 77.4 Å². The quantitative estimate of drug-likeness (QED) is 0.790. The number of hydrogen-bond acceptors (Lipinski definition) is 4. The molecule has 23 heavy (non-hydrogen) atoms. The van der Waals surface area contributed by atoms with Gasteiger partial charge in [-0.2, -0.15) is 4.68 Å². The number of anilines is 1. The summed E-state index contributed by atoms with van der Waals surface area (Å²) < 4.78 is 28.8. The van der Waals surface area contributed by atoms with Crippen LogP contribution in [0.5, 0.6) is 0 Å². The zero-order valence-corrected chi connectivity index (χ0v) is 11.8. The highest BCUT2D eigenvalue weighted by atomic mass is 19.1. The lowest BCUT2D eigenvalue weighted by Gasteiger charge is -2.23. The van der Waals surface area contributed by atoms with E-state index in [0.29, 0.717) is 17.2 Å². The number of benzene rings is 2. The van der Waals surface area contributed by atoms with Gasteiger partial charge in [-0.25, -0.2) is 8.78 Å². The van der Waals surface area contributed by atoms with Gasteiger partial charge in [0.05, 0.1) is 0 Å². The van der Waals surface area contributed by atoms with Crippen molar-refractivity contribution in [2.45, 2.75) is 6.04 Å². The average Bonchev–Trinajstić information content (AvgIpc) is 3.04. The Balaban J connectivity index is 1.83. The Morgan fingerprint density at radius 2 is 1.78 bits per heavy atom. The molecule has 0 fully saturated rings. The van der Waals surface area contributed by atoms with E-state index in [1.807, 2.05) is 6.08 Å². The van der Waals surface area contributed by atoms with Crippen LogP contribution in [0.4, 0.5) is 14.7 Å². The first kappa shape index (κ1) is 13.6. The van der Waals surface area contributed by atoms with E-state index in [9.17, 15) is 8.78 Å². The maximum atomic E-state index is 14.2. The van der Waals surface area contributed by atoms with Crippen LogP contribution in [0.15, 0.2) is 54.6 Å². The van der Waals surface area contributed by atoms with Crippen molar-refractivity contribution in [3.63, 3.8) is 0 Å². The molecule has 0 aliphatic carbocycles. The normalized spacial score (nSPS) is 16.4. The third kappa shape index (κ3) is 2.36. The highest BCUT2D eigenvalue weighted by Gasteiger charge is 2.26. The number of allylic oxidation sites excluding steroid dienone is 1. The second-order valence-corrected chi connectivity index (χ2v) is 5.13. The van der Waals surface area contributed by atoms with Crippen LogP contribution in [-0.4, -0.2) is 20.2 Å². The van der Waals surface area contributed by atoms with Gasteiger partial charge in [0, 0.05) is 11.3 Å². The molecule has 7 heteroatoms. The van der Waals surface area contributed by atoms with Crippen LogP contribution in [-0.2, 0) is 0 Å². The number of nitrogens with one attached hydrogen (secondary N) is 1. The zero-order chi connectivity index (χ0) is 15.8. The van der Waals surface area contributed by atoms with Crippen LogP contribution in [0.1, 0.15) is 17.2 Å². The first-order valence-electron chi connectivity index (χ1n) is 6.99. The molecule has 0 bridgehead atoms. The van der Waals surface area contributed by atoms with E-state index in [1.54, 1.807) is 30.3 Å². The van der Waals surface area contributed by atoms with Gasteiger partial charge in [-0.15, -0.1) is 0 Å². The highest BCUT2D eigenvalue weighted by Crippen LogP contribution is 2.32. The minimum absolute atomic E-state index is 0.319. The van der Waals surface area contributed by atoms with Gasteiger partial charge in [0.1, 0.15) is 17.7 Å². The van der Waals surface area contributed by atoms with Crippen molar-refractivity contribution in [1.82, 2.24) is 20.2 Å². The van der Waals surface area contributed by atoms with Crippen LogP contribution < -0.4 is 5.32 Å². The lowest BCUT2D eigenvalue weighted by molar-refractivity contribution is 0.540. The van der Waals surface area contributed by atoms with E-state index in [-0.39, 0.29) is 11.6 Å². The number of rotatable bonds is 2. The average molecular weight is 311 g/mol. The van der Waals surface area contributed by atoms with Crippen LogP contribution in [0, 0.1) is 11.6 Å².